The highest BCUT2D eigenvalue weighted by Gasteiger charge is 2.29. The van der Waals surface area contributed by atoms with Gasteiger partial charge in [0.15, 0.2) is 0 Å². The first-order valence-electron chi connectivity index (χ1n) is 6.10. The van der Waals surface area contributed by atoms with Crippen molar-refractivity contribution in [1.29, 1.82) is 0 Å². The fraction of sp³-hybridized carbons (Fsp3) is 0.583. The lowest BCUT2D eigenvalue weighted by Gasteiger charge is -2.28. The monoisotopic (exact) mass is 232 g/mol. The van der Waals surface area contributed by atoms with Crippen molar-refractivity contribution in [2.24, 2.45) is 5.92 Å². The van der Waals surface area contributed by atoms with Crippen LogP contribution < -0.4 is 5.73 Å². The number of rotatable bonds is 2. The molecule has 2 aliphatic rings. The first kappa shape index (κ1) is 10.5. The van der Waals surface area contributed by atoms with E-state index in [1.807, 2.05) is 4.90 Å². The number of anilines is 1. The summed E-state index contributed by atoms with van der Waals surface area (Å²) in [7, 11) is 0. The van der Waals surface area contributed by atoms with Crippen molar-refractivity contribution in [3.05, 3.63) is 17.5 Å². The fourth-order valence-electron chi connectivity index (χ4n) is 2.23. The second kappa shape index (κ2) is 3.98. The van der Waals surface area contributed by atoms with Crippen LogP contribution in [-0.2, 0) is 17.8 Å². The van der Waals surface area contributed by atoms with Crippen LogP contribution in [0.25, 0.3) is 0 Å². The number of hydrogen-bond acceptors (Lipinski definition) is 4. The number of carbonyl (C=O) groups is 1. The van der Waals surface area contributed by atoms with E-state index in [1.54, 1.807) is 6.20 Å². The zero-order valence-electron chi connectivity index (χ0n) is 9.72. The van der Waals surface area contributed by atoms with Crippen LogP contribution in [0.15, 0.2) is 6.20 Å². The maximum absolute atomic E-state index is 12.0. The number of amides is 1. The Labute approximate surface area is 100 Å². The molecule has 1 fully saturated rings. The molecule has 3 rings (SSSR count). The largest absolute Gasteiger partial charge is 0.368 e. The van der Waals surface area contributed by atoms with Gasteiger partial charge in [-0.15, -0.1) is 0 Å². The Morgan fingerprint density at radius 1 is 1.53 bits per heavy atom. The molecule has 5 heteroatoms. The van der Waals surface area contributed by atoms with Gasteiger partial charge in [0.25, 0.3) is 0 Å². The Bertz CT molecular complexity index is 456. The summed E-state index contributed by atoms with van der Waals surface area (Å²) in [6.45, 7) is 1.37. The molecule has 1 aliphatic heterocycles. The van der Waals surface area contributed by atoms with Gasteiger partial charge in [-0.2, -0.15) is 0 Å². The van der Waals surface area contributed by atoms with Gasteiger partial charge in [0.1, 0.15) is 0 Å². The van der Waals surface area contributed by atoms with E-state index in [2.05, 4.69) is 9.97 Å². The Balaban J connectivity index is 1.72. The smallest absolute Gasteiger partial charge is 0.223 e. The molecule has 0 unspecified atom stereocenters. The highest BCUT2D eigenvalue weighted by atomic mass is 16.2. The number of fused-ring (bicyclic) bond motifs is 1. The van der Waals surface area contributed by atoms with Crippen LogP contribution in [0.4, 0.5) is 5.95 Å². The summed E-state index contributed by atoms with van der Waals surface area (Å²) >= 11 is 0. The molecule has 1 aliphatic carbocycles. The molecular weight excluding hydrogens is 216 g/mol. The summed E-state index contributed by atoms with van der Waals surface area (Å²) in [4.78, 5) is 22.1. The van der Waals surface area contributed by atoms with Crippen molar-refractivity contribution in [3.63, 3.8) is 0 Å². The van der Waals surface area contributed by atoms with Gasteiger partial charge in [0, 0.05) is 19.2 Å². The van der Waals surface area contributed by atoms with E-state index >= 15 is 0 Å². The van der Waals surface area contributed by atoms with Gasteiger partial charge in [-0.25, -0.2) is 9.97 Å². The van der Waals surface area contributed by atoms with Crippen LogP contribution in [0.1, 0.15) is 30.5 Å². The summed E-state index contributed by atoms with van der Waals surface area (Å²) in [6, 6.07) is 0. The average Bonchev–Trinajstić information content (AvgIpc) is 3.12. The molecule has 1 aromatic rings. The summed E-state index contributed by atoms with van der Waals surface area (Å²) in [6.07, 6.45) is 5.75. The van der Waals surface area contributed by atoms with Crippen molar-refractivity contribution in [2.45, 2.75) is 32.2 Å². The van der Waals surface area contributed by atoms with Crippen molar-refractivity contribution in [1.82, 2.24) is 14.9 Å². The van der Waals surface area contributed by atoms with Crippen molar-refractivity contribution >= 4 is 11.9 Å². The quantitative estimate of drug-likeness (QED) is 0.816. The number of nitrogens with zero attached hydrogens (tertiary/aromatic N) is 3. The van der Waals surface area contributed by atoms with Crippen LogP contribution >= 0.6 is 0 Å². The molecule has 1 saturated carbocycles. The number of carbonyl (C=O) groups excluding carboxylic acids is 1. The van der Waals surface area contributed by atoms with Gasteiger partial charge in [0.05, 0.1) is 12.2 Å². The minimum atomic E-state index is 0.260. The maximum atomic E-state index is 12.0. The maximum Gasteiger partial charge on any atom is 0.223 e. The van der Waals surface area contributed by atoms with Gasteiger partial charge in [0.2, 0.25) is 11.9 Å². The molecule has 0 bridgehead atoms. The van der Waals surface area contributed by atoms with Crippen LogP contribution in [-0.4, -0.2) is 27.3 Å². The highest BCUT2D eigenvalue weighted by molar-refractivity contribution is 5.77. The van der Waals surface area contributed by atoms with Crippen LogP contribution in [0.2, 0.25) is 0 Å². The third-order valence-electron chi connectivity index (χ3n) is 3.48. The summed E-state index contributed by atoms with van der Waals surface area (Å²) < 4.78 is 0. The second-order valence-corrected chi connectivity index (χ2v) is 4.91. The Morgan fingerprint density at radius 3 is 3.12 bits per heavy atom. The third-order valence-corrected chi connectivity index (χ3v) is 3.48. The van der Waals surface area contributed by atoms with E-state index in [1.165, 1.54) is 12.8 Å². The Morgan fingerprint density at radius 2 is 2.35 bits per heavy atom. The lowest BCUT2D eigenvalue weighted by molar-refractivity contribution is -0.132. The SMILES string of the molecule is Nc1ncc2c(n1)CN(C(=O)CC1CC1)CC2. The molecule has 5 nitrogen and oxygen atoms in total. The van der Waals surface area contributed by atoms with Crippen molar-refractivity contribution in [3.8, 4) is 0 Å². The second-order valence-electron chi connectivity index (χ2n) is 4.91. The van der Waals surface area contributed by atoms with Crippen LogP contribution in [0.3, 0.4) is 0 Å². The van der Waals surface area contributed by atoms with E-state index in [0.29, 0.717) is 24.8 Å². The average molecular weight is 232 g/mol. The van der Waals surface area contributed by atoms with Gasteiger partial charge in [-0.05, 0) is 30.7 Å². The molecule has 2 heterocycles. The molecule has 0 spiro atoms. The highest BCUT2D eigenvalue weighted by Crippen LogP contribution is 2.33. The molecule has 1 aromatic heterocycles. The van der Waals surface area contributed by atoms with Gasteiger partial charge in [-0.1, -0.05) is 0 Å². The van der Waals surface area contributed by atoms with E-state index in [0.717, 1.165) is 24.2 Å². The first-order valence-corrected chi connectivity index (χ1v) is 6.10. The number of hydrogen-bond donors (Lipinski definition) is 1. The van der Waals surface area contributed by atoms with Crippen molar-refractivity contribution in [2.75, 3.05) is 12.3 Å². The lowest BCUT2D eigenvalue weighted by Crippen LogP contribution is -2.36. The van der Waals surface area contributed by atoms with E-state index in [-0.39, 0.29) is 5.91 Å². The van der Waals surface area contributed by atoms with Crippen LogP contribution in [0.5, 0.6) is 0 Å². The van der Waals surface area contributed by atoms with Gasteiger partial charge < -0.3 is 10.6 Å². The summed E-state index contributed by atoms with van der Waals surface area (Å²) in [5.74, 6) is 1.19. The summed E-state index contributed by atoms with van der Waals surface area (Å²) in [5, 5.41) is 0. The molecule has 0 radical (unpaired) electrons. The number of nitrogens with two attached hydrogens (primary N) is 1. The minimum absolute atomic E-state index is 0.260. The minimum Gasteiger partial charge on any atom is -0.368 e. The third kappa shape index (κ3) is 2.23. The number of aromatic nitrogens is 2. The number of nitrogen functional groups attached to an aromatic ring is 1. The predicted molar refractivity (Wildman–Crippen MR) is 62.9 cm³/mol. The Kier molecular flexibility index (Phi) is 2.46. The first-order chi connectivity index (χ1) is 8.22. The van der Waals surface area contributed by atoms with Gasteiger partial charge >= 0.3 is 0 Å². The molecule has 0 aromatic carbocycles. The standard InChI is InChI=1S/C12H16N4O/c13-12-14-6-9-3-4-16(7-10(9)15-12)11(17)5-8-1-2-8/h6,8H,1-5,7H2,(H2,13,14,15). The lowest BCUT2D eigenvalue weighted by atomic mass is 10.1. The fourth-order valence-corrected chi connectivity index (χ4v) is 2.23. The topological polar surface area (TPSA) is 72.1 Å². The van der Waals surface area contributed by atoms with Crippen LogP contribution in [0, 0.1) is 5.92 Å². The van der Waals surface area contributed by atoms with Crippen molar-refractivity contribution < 1.29 is 4.79 Å². The zero-order valence-corrected chi connectivity index (χ0v) is 9.72. The van der Waals surface area contributed by atoms with E-state index in [9.17, 15) is 4.79 Å². The molecule has 0 saturated heterocycles. The van der Waals surface area contributed by atoms with E-state index < -0.39 is 0 Å². The molecule has 2 N–H and O–H groups in total. The Hall–Kier alpha value is -1.65. The summed E-state index contributed by atoms with van der Waals surface area (Å²) in [5.41, 5.74) is 7.60. The molecule has 1 amide bonds. The molecular formula is C12H16N4O. The molecule has 0 atom stereocenters. The zero-order chi connectivity index (χ0) is 11.8. The molecule has 17 heavy (non-hydrogen) atoms. The molecule has 90 valence electrons. The predicted octanol–water partition coefficient (Wildman–Crippen LogP) is 0.744. The van der Waals surface area contributed by atoms with Gasteiger partial charge in [-0.3, -0.25) is 4.79 Å². The normalized spacial score (nSPS) is 18.9. The van der Waals surface area contributed by atoms with E-state index in [4.69, 9.17) is 5.73 Å².